The Labute approximate surface area is 160 Å². The normalized spacial score (nSPS) is 12.2. The van der Waals surface area contributed by atoms with Crippen LogP contribution in [-0.2, 0) is 10.8 Å². The van der Waals surface area contributed by atoms with Gasteiger partial charge in [-0.15, -0.1) is 0 Å². The van der Waals surface area contributed by atoms with Gasteiger partial charge in [-0.1, -0.05) is 59.7 Å². The average molecular weight is 354 g/mol. The SMILES string of the molecule is CCN(CC)c1cc(C(C)(C)C)c(Oc2ccccc2)c(C(C)(C)C)c1. The highest BCUT2D eigenvalue weighted by molar-refractivity contribution is 5.61. The molecule has 2 heteroatoms. The van der Waals surface area contributed by atoms with Crippen LogP contribution >= 0.6 is 0 Å². The van der Waals surface area contributed by atoms with Gasteiger partial charge in [-0.05, 0) is 48.9 Å². The van der Waals surface area contributed by atoms with Crippen molar-refractivity contribution in [3.63, 3.8) is 0 Å². The van der Waals surface area contributed by atoms with Gasteiger partial charge in [0.1, 0.15) is 11.5 Å². The highest BCUT2D eigenvalue weighted by Gasteiger charge is 2.29. The van der Waals surface area contributed by atoms with Gasteiger partial charge in [0.25, 0.3) is 0 Å². The maximum Gasteiger partial charge on any atom is 0.135 e. The van der Waals surface area contributed by atoms with Crippen molar-refractivity contribution in [3.8, 4) is 11.5 Å². The lowest BCUT2D eigenvalue weighted by atomic mass is 9.79. The Balaban J connectivity index is 2.73. The van der Waals surface area contributed by atoms with Crippen molar-refractivity contribution < 1.29 is 4.74 Å². The molecular weight excluding hydrogens is 318 g/mol. The van der Waals surface area contributed by atoms with Crippen LogP contribution in [0.3, 0.4) is 0 Å². The monoisotopic (exact) mass is 353 g/mol. The topological polar surface area (TPSA) is 12.5 Å². The maximum absolute atomic E-state index is 6.48. The fourth-order valence-electron chi connectivity index (χ4n) is 3.22. The third-order valence-electron chi connectivity index (χ3n) is 4.78. The standard InChI is InChI=1S/C24H35NO/c1-9-25(10-2)18-16-20(23(3,4)5)22(21(17-18)24(6,7)8)26-19-14-12-11-13-15-19/h11-17H,9-10H2,1-8H3. The number of benzene rings is 2. The first-order valence-electron chi connectivity index (χ1n) is 9.74. The minimum atomic E-state index is -0.00667. The summed E-state index contributed by atoms with van der Waals surface area (Å²) in [5.74, 6) is 1.89. The largest absolute Gasteiger partial charge is 0.457 e. The van der Waals surface area contributed by atoms with Crippen LogP contribution in [0.2, 0.25) is 0 Å². The molecule has 0 radical (unpaired) electrons. The molecule has 0 aliphatic carbocycles. The number of ether oxygens (including phenoxy) is 1. The highest BCUT2D eigenvalue weighted by atomic mass is 16.5. The summed E-state index contributed by atoms with van der Waals surface area (Å²) in [6.07, 6.45) is 0. The molecule has 0 spiro atoms. The van der Waals surface area contributed by atoms with Crippen LogP contribution in [-0.4, -0.2) is 13.1 Å². The predicted molar refractivity (Wildman–Crippen MR) is 114 cm³/mol. The lowest BCUT2D eigenvalue weighted by Gasteiger charge is -2.33. The zero-order valence-electron chi connectivity index (χ0n) is 17.8. The maximum atomic E-state index is 6.48. The molecule has 0 aromatic heterocycles. The summed E-state index contributed by atoms with van der Waals surface area (Å²) in [5, 5.41) is 0. The molecular formula is C24H35NO. The van der Waals surface area contributed by atoms with Crippen molar-refractivity contribution in [2.45, 2.75) is 66.2 Å². The third kappa shape index (κ3) is 4.60. The average Bonchev–Trinajstić information content (AvgIpc) is 2.55. The summed E-state index contributed by atoms with van der Waals surface area (Å²) in [4.78, 5) is 2.41. The zero-order chi connectivity index (χ0) is 19.5. The van der Waals surface area contributed by atoms with Gasteiger partial charge < -0.3 is 9.64 Å². The number of anilines is 1. The molecule has 0 amide bonds. The first-order chi connectivity index (χ1) is 12.1. The molecule has 0 bridgehead atoms. The molecule has 2 aromatic rings. The van der Waals surface area contributed by atoms with Crippen molar-refractivity contribution in [2.75, 3.05) is 18.0 Å². The van der Waals surface area contributed by atoms with Crippen LogP contribution in [0.1, 0.15) is 66.5 Å². The first kappa shape index (κ1) is 20.4. The second-order valence-electron chi connectivity index (χ2n) is 8.96. The minimum absolute atomic E-state index is 0.00667. The van der Waals surface area contributed by atoms with Gasteiger partial charge in [0.15, 0.2) is 0 Å². The van der Waals surface area contributed by atoms with E-state index in [4.69, 9.17) is 4.74 Å². The number of nitrogens with zero attached hydrogens (tertiary/aromatic N) is 1. The Morgan fingerprint density at radius 1 is 0.769 bits per heavy atom. The van der Waals surface area contributed by atoms with E-state index in [0.29, 0.717) is 0 Å². The Kier molecular flexibility index (Phi) is 6.05. The molecule has 142 valence electrons. The summed E-state index contributed by atoms with van der Waals surface area (Å²) >= 11 is 0. The molecule has 2 aromatic carbocycles. The zero-order valence-corrected chi connectivity index (χ0v) is 17.8. The molecule has 0 heterocycles. The van der Waals surface area contributed by atoms with E-state index in [1.165, 1.54) is 16.8 Å². The molecule has 2 nitrogen and oxygen atoms in total. The first-order valence-corrected chi connectivity index (χ1v) is 9.74. The van der Waals surface area contributed by atoms with Crippen LogP contribution in [0, 0.1) is 0 Å². The highest BCUT2D eigenvalue weighted by Crippen LogP contribution is 2.44. The molecule has 0 saturated carbocycles. The van der Waals surface area contributed by atoms with Crippen molar-refractivity contribution in [1.82, 2.24) is 0 Å². The van der Waals surface area contributed by atoms with Gasteiger partial charge in [-0.2, -0.15) is 0 Å². The summed E-state index contributed by atoms with van der Waals surface area (Å²) < 4.78 is 6.48. The Hall–Kier alpha value is -1.96. The number of hydrogen-bond acceptors (Lipinski definition) is 2. The van der Waals surface area contributed by atoms with E-state index in [9.17, 15) is 0 Å². The molecule has 0 aliphatic heterocycles. The quantitative estimate of drug-likeness (QED) is 0.578. The molecule has 2 rings (SSSR count). The predicted octanol–water partition coefficient (Wildman–Crippen LogP) is 6.92. The Morgan fingerprint density at radius 3 is 1.62 bits per heavy atom. The number of para-hydroxylation sites is 1. The van der Waals surface area contributed by atoms with Crippen molar-refractivity contribution in [3.05, 3.63) is 53.6 Å². The summed E-state index contributed by atoms with van der Waals surface area (Å²) in [5.41, 5.74) is 3.79. The Bertz CT molecular complexity index is 681. The van der Waals surface area contributed by atoms with Crippen molar-refractivity contribution in [1.29, 1.82) is 0 Å². The van der Waals surface area contributed by atoms with Crippen LogP contribution in [0.5, 0.6) is 11.5 Å². The molecule has 0 N–H and O–H groups in total. The van der Waals surface area contributed by atoms with Gasteiger partial charge in [0.2, 0.25) is 0 Å². The van der Waals surface area contributed by atoms with Gasteiger partial charge in [0, 0.05) is 29.9 Å². The Morgan fingerprint density at radius 2 is 1.23 bits per heavy atom. The molecule has 0 saturated heterocycles. The second-order valence-corrected chi connectivity index (χ2v) is 8.96. The smallest absolute Gasteiger partial charge is 0.135 e. The van der Waals surface area contributed by atoms with Gasteiger partial charge in [-0.3, -0.25) is 0 Å². The van der Waals surface area contributed by atoms with Crippen LogP contribution in [0.4, 0.5) is 5.69 Å². The summed E-state index contributed by atoms with van der Waals surface area (Å²) in [7, 11) is 0. The molecule has 0 atom stereocenters. The van der Waals surface area contributed by atoms with E-state index >= 15 is 0 Å². The van der Waals surface area contributed by atoms with Gasteiger partial charge >= 0.3 is 0 Å². The fourth-order valence-corrected chi connectivity index (χ4v) is 3.22. The molecule has 26 heavy (non-hydrogen) atoms. The van der Waals surface area contributed by atoms with Crippen LogP contribution < -0.4 is 9.64 Å². The summed E-state index contributed by atoms with van der Waals surface area (Å²) in [6, 6.07) is 14.8. The van der Waals surface area contributed by atoms with E-state index in [1.54, 1.807) is 0 Å². The van der Waals surface area contributed by atoms with Crippen LogP contribution in [0.15, 0.2) is 42.5 Å². The van der Waals surface area contributed by atoms with Gasteiger partial charge in [-0.25, -0.2) is 0 Å². The number of hydrogen-bond donors (Lipinski definition) is 0. The van der Waals surface area contributed by atoms with E-state index in [2.05, 4.69) is 72.4 Å². The van der Waals surface area contributed by atoms with E-state index in [1.807, 2.05) is 30.3 Å². The van der Waals surface area contributed by atoms with Crippen molar-refractivity contribution >= 4 is 5.69 Å². The van der Waals surface area contributed by atoms with E-state index < -0.39 is 0 Å². The van der Waals surface area contributed by atoms with Crippen LogP contribution in [0.25, 0.3) is 0 Å². The molecule has 0 fully saturated rings. The molecule has 0 aliphatic rings. The molecule has 0 unspecified atom stereocenters. The number of rotatable bonds is 5. The lowest BCUT2D eigenvalue weighted by molar-refractivity contribution is 0.432. The minimum Gasteiger partial charge on any atom is -0.457 e. The second kappa shape index (κ2) is 7.73. The van der Waals surface area contributed by atoms with Gasteiger partial charge in [0.05, 0.1) is 0 Å². The lowest BCUT2D eigenvalue weighted by Crippen LogP contribution is -2.25. The van der Waals surface area contributed by atoms with Crippen molar-refractivity contribution in [2.24, 2.45) is 0 Å². The van der Waals surface area contributed by atoms with E-state index in [0.717, 1.165) is 24.6 Å². The van der Waals surface area contributed by atoms with E-state index in [-0.39, 0.29) is 10.8 Å². The third-order valence-corrected chi connectivity index (χ3v) is 4.78. The summed E-state index contributed by atoms with van der Waals surface area (Å²) in [6.45, 7) is 20.0. The fraction of sp³-hybridized carbons (Fsp3) is 0.500.